The average molecular weight is 305 g/mol. The lowest BCUT2D eigenvalue weighted by Crippen LogP contribution is -2.26. The molecule has 112 valence electrons. The van der Waals surface area contributed by atoms with Crippen LogP contribution in [0.3, 0.4) is 0 Å². The Labute approximate surface area is 123 Å². The number of halogens is 3. The minimum Gasteiger partial charge on any atom is -0.356 e. The minimum atomic E-state index is -0.855. The van der Waals surface area contributed by atoms with Crippen LogP contribution in [0, 0.1) is 17.6 Å². The SMILES string of the molecule is Cl.NCCCCNC(=O)C1CC1c1ccc(F)c(F)c1. The third-order valence-electron chi connectivity index (χ3n) is 3.43. The van der Waals surface area contributed by atoms with Gasteiger partial charge in [0.25, 0.3) is 0 Å². The number of hydrogen-bond donors (Lipinski definition) is 2. The van der Waals surface area contributed by atoms with Gasteiger partial charge in [-0.1, -0.05) is 6.07 Å². The van der Waals surface area contributed by atoms with E-state index in [1.165, 1.54) is 6.07 Å². The zero-order chi connectivity index (χ0) is 13.8. The van der Waals surface area contributed by atoms with Crippen LogP contribution in [0.15, 0.2) is 18.2 Å². The molecule has 1 aliphatic carbocycles. The number of benzene rings is 1. The van der Waals surface area contributed by atoms with E-state index in [0.717, 1.165) is 18.9 Å². The van der Waals surface area contributed by atoms with E-state index in [1.807, 2.05) is 0 Å². The van der Waals surface area contributed by atoms with Gasteiger partial charge in [-0.05, 0) is 49.4 Å². The second kappa shape index (κ2) is 7.55. The largest absolute Gasteiger partial charge is 0.356 e. The summed E-state index contributed by atoms with van der Waals surface area (Å²) in [5, 5.41) is 2.84. The maximum atomic E-state index is 13.1. The van der Waals surface area contributed by atoms with E-state index >= 15 is 0 Å². The van der Waals surface area contributed by atoms with E-state index in [0.29, 0.717) is 25.1 Å². The van der Waals surface area contributed by atoms with Gasteiger partial charge in [-0.15, -0.1) is 12.4 Å². The van der Waals surface area contributed by atoms with Crippen molar-refractivity contribution >= 4 is 18.3 Å². The summed E-state index contributed by atoms with van der Waals surface area (Å²) in [6.45, 7) is 1.24. The number of amides is 1. The monoisotopic (exact) mass is 304 g/mol. The number of rotatable bonds is 6. The Hall–Kier alpha value is -1.20. The van der Waals surface area contributed by atoms with Crippen molar-refractivity contribution in [2.75, 3.05) is 13.1 Å². The van der Waals surface area contributed by atoms with E-state index < -0.39 is 11.6 Å². The number of hydrogen-bond acceptors (Lipinski definition) is 2. The van der Waals surface area contributed by atoms with Crippen LogP contribution in [0.2, 0.25) is 0 Å². The van der Waals surface area contributed by atoms with Gasteiger partial charge < -0.3 is 11.1 Å². The average Bonchev–Trinajstić information content (AvgIpc) is 3.18. The molecule has 0 saturated heterocycles. The van der Waals surface area contributed by atoms with Gasteiger partial charge in [0.2, 0.25) is 5.91 Å². The first-order valence-corrected chi connectivity index (χ1v) is 6.56. The van der Waals surface area contributed by atoms with Crippen molar-refractivity contribution in [1.82, 2.24) is 5.32 Å². The van der Waals surface area contributed by atoms with E-state index in [2.05, 4.69) is 5.32 Å². The Morgan fingerprint density at radius 3 is 2.70 bits per heavy atom. The summed E-state index contributed by atoms with van der Waals surface area (Å²) < 4.78 is 25.9. The second-order valence-corrected chi connectivity index (χ2v) is 4.91. The number of carbonyl (C=O) groups is 1. The highest BCUT2D eigenvalue weighted by atomic mass is 35.5. The molecule has 20 heavy (non-hydrogen) atoms. The Kier molecular flexibility index (Phi) is 6.36. The zero-order valence-corrected chi connectivity index (χ0v) is 11.9. The van der Waals surface area contributed by atoms with Crippen LogP contribution in [0.1, 0.15) is 30.7 Å². The van der Waals surface area contributed by atoms with Crippen molar-refractivity contribution in [2.45, 2.75) is 25.2 Å². The lowest BCUT2D eigenvalue weighted by Gasteiger charge is -2.04. The molecular formula is C14H19ClF2N2O. The van der Waals surface area contributed by atoms with Gasteiger partial charge in [0.1, 0.15) is 0 Å². The van der Waals surface area contributed by atoms with Gasteiger partial charge in [0.05, 0.1) is 0 Å². The van der Waals surface area contributed by atoms with Crippen LogP contribution in [0.4, 0.5) is 8.78 Å². The van der Waals surface area contributed by atoms with E-state index in [9.17, 15) is 13.6 Å². The molecule has 1 saturated carbocycles. The van der Waals surface area contributed by atoms with Gasteiger partial charge in [-0.2, -0.15) is 0 Å². The van der Waals surface area contributed by atoms with Crippen LogP contribution in [-0.2, 0) is 4.79 Å². The van der Waals surface area contributed by atoms with Crippen LogP contribution < -0.4 is 11.1 Å². The number of nitrogens with two attached hydrogens (primary N) is 1. The Morgan fingerprint density at radius 2 is 2.05 bits per heavy atom. The van der Waals surface area contributed by atoms with Crippen molar-refractivity contribution in [3.05, 3.63) is 35.4 Å². The van der Waals surface area contributed by atoms with Gasteiger partial charge in [0.15, 0.2) is 11.6 Å². The predicted molar refractivity (Wildman–Crippen MR) is 75.8 cm³/mol. The molecule has 2 unspecified atom stereocenters. The standard InChI is InChI=1S/C14H18F2N2O.ClH/c15-12-4-3-9(7-13(12)16)10-8-11(10)14(19)18-6-2-1-5-17;/h3-4,7,10-11H,1-2,5-6,8,17H2,(H,18,19);1H. The Morgan fingerprint density at radius 1 is 1.30 bits per heavy atom. The van der Waals surface area contributed by atoms with Crippen molar-refractivity contribution in [3.8, 4) is 0 Å². The van der Waals surface area contributed by atoms with E-state index in [-0.39, 0.29) is 30.2 Å². The molecule has 6 heteroatoms. The minimum absolute atomic E-state index is 0. The lowest BCUT2D eigenvalue weighted by atomic mass is 10.1. The summed E-state index contributed by atoms with van der Waals surface area (Å²) >= 11 is 0. The molecule has 0 bridgehead atoms. The summed E-state index contributed by atoms with van der Waals surface area (Å²) in [5.41, 5.74) is 6.06. The van der Waals surface area contributed by atoms with Gasteiger partial charge >= 0.3 is 0 Å². The molecule has 2 atom stereocenters. The highest BCUT2D eigenvalue weighted by Crippen LogP contribution is 2.47. The van der Waals surface area contributed by atoms with Crippen molar-refractivity contribution in [3.63, 3.8) is 0 Å². The molecule has 1 aliphatic rings. The summed E-state index contributed by atoms with van der Waals surface area (Å²) in [5.74, 6) is -1.81. The van der Waals surface area contributed by atoms with Crippen LogP contribution in [-0.4, -0.2) is 19.0 Å². The van der Waals surface area contributed by atoms with Crippen LogP contribution in [0.5, 0.6) is 0 Å². The molecule has 0 aromatic heterocycles. The van der Waals surface area contributed by atoms with E-state index in [1.54, 1.807) is 6.07 Å². The first-order chi connectivity index (χ1) is 9.13. The molecule has 1 aromatic rings. The van der Waals surface area contributed by atoms with Gasteiger partial charge in [0, 0.05) is 12.5 Å². The maximum Gasteiger partial charge on any atom is 0.223 e. The molecule has 0 heterocycles. The van der Waals surface area contributed by atoms with Gasteiger partial charge in [-0.25, -0.2) is 8.78 Å². The fourth-order valence-electron chi connectivity index (χ4n) is 2.21. The summed E-state index contributed by atoms with van der Waals surface area (Å²) in [6, 6.07) is 3.84. The normalized spacial score (nSPS) is 20.1. The quantitative estimate of drug-likeness (QED) is 0.793. The maximum absolute atomic E-state index is 13.1. The Balaban J connectivity index is 0.00000200. The van der Waals surface area contributed by atoms with Crippen LogP contribution in [0.25, 0.3) is 0 Å². The molecule has 3 nitrogen and oxygen atoms in total. The molecule has 2 rings (SSSR count). The third kappa shape index (κ3) is 4.15. The molecule has 1 aromatic carbocycles. The Bertz CT molecular complexity index is 470. The number of nitrogens with one attached hydrogen (secondary N) is 1. The highest BCUT2D eigenvalue weighted by molar-refractivity contribution is 5.85. The molecule has 1 fully saturated rings. The second-order valence-electron chi connectivity index (χ2n) is 4.91. The summed E-state index contributed by atoms with van der Waals surface area (Å²) in [7, 11) is 0. The van der Waals surface area contributed by atoms with Gasteiger partial charge in [-0.3, -0.25) is 4.79 Å². The topological polar surface area (TPSA) is 55.1 Å². The van der Waals surface area contributed by atoms with E-state index in [4.69, 9.17) is 5.73 Å². The number of unbranched alkanes of at least 4 members (excludes halogenated alkanes) is 1. The fraction of sp³-hybridized carbons (Fsp3) is 0.500. The first-order valence-electron chi connectivity index (χ1n) is 6.56. The van der Waals surface area contributed by atoms with Crippen molar-refractivity contribution in [1.29, 1.82) is 0 Å². The third-order valence-corrected chi connectivity index (χ3v) is 3.43. The summed E-state index contributed by atoms with van der Waals surface area (Å²) in [4.78, 5) is 11.8. The fourth-order valence-corrected chi connectivity index (χ4v) is 2.21. The number of carbonyl (C=O) groups excluding carboxylic acids is 1. The molecule has 0 spiro atoms. The highest BCUT2D eigenvalue weighted by Gasteiger charge is 2.43. The van der Waals surface area contributed by atoms with Crippen molar-refractivity contribution < 1.29 is 13.6 Å². The van der Waals surface area contributed by atoms with Crippen LogP contribution >= 0.6 is 12.4 Å². The molecular weight excluding hydrogens is 286 g/mol. The molecule has 3 N–H and O–H groups in total. The molecule has 1 amide bonds. The smallest absolute Gasteiger partial charge is 0.223 e. The lowest BCUT2D eigenvalue weighted by molar-refractivity contribution is -0.122. The summed E-state index contributed by atoms with van der Waals surface area (Å²) in [6.07, 6.45) is 2.45. The predicted octanol–water partition coefficient (Wildman–Crippen LogP) is 2.35. The molecule has 0 aliphatic heterocycles. The first kappa shape index (κ1) is 16.9. The zero-order valence-electron chi connectivity index (χ0n) is 11.1. The molecule has 0 radical (unpaired) electrons. The van der Waals surface area contributed by atoms with Crippen molar-refractivity contribution in [2.24, 2.45) is 11.7 Å².